The Hall–Kier alpha value is -0.970. The van der Waals surface area contributed by atoms with Gasteiger partial charge in [-0.05, 0) is 44.2 Å². The number of nitrogens with zero attached hydrogens (tertiary/aromatic N) is 2. The van der Waals surface area contributed by atoms with E-state index in [1.54, 1.807) is 0 Å². The average Bonchev–Trinajstić information content (AvgIpc) is 2.54. The minimum atomic E-state index is 0.195. The zero-order chi connectivity index (χ0) is 15.5. The number of hydrogen-bond donors (Lipinski definition) is 0. The van der Waals surface area contributed by atoms with Crippen LogP contribution in [-0.2, 0) is 16.1 Å². The Balaban J connectivity index is 1.40. The molecule has 3 fully saturated rings. The molecule has 2 atom stereocenters. The van der Waals surface area contributed by atoms with Crippen LogP contribution < -0.4 is 0 Å². The number of pyridine rings is 1. The smallest absolute Gasteiger partial charge is 0.0888 e. The Kier molecular flexibility index (Phi) is 4.65. The number of piperidine rings is 1. The first-order chi connectivity index (χ1) is 11.4. The zero-order valence-electron chi connectivity index (χ0n) is 14.0. The summed E-state index contributed by atoms with van der Waals surface area (Å²) in [6.07, 6.45) is 9.98. The highest BCUT2D eigenvalue weighted by Crippen LogP contribution is 2.42. The molecule has 1 aromatic rings. The van der Waals surface area contributed by atoms with Crippen LogP contribution in [0.5, 0.6) is 0 Å². The molecule has 0 aromatic carbocycles. The van der Waals surface area contributed by atoms with Gasteiger partial charge in [0.25, 0.3) is 0 Å². The van der Waals surface area contributed by atoms with Gasteiger partial charge in [0.05, 0.1) is 25.0 Å². The second-order valence-corrected chi connectivity index (χ2v) is 7.48. The molecule has 1 aliphatic carbocycles. The van der Waals surface area contributed by atoms with Gasteiger partial charge in [0.1, 0.15) is 0 Å². The molecule has 2 saturated heterocycles. The Bertz CT molecular complexity index is 505. The molecular formula is C19H28N2O2. The van der Waals surface area contributed by atoms with Crippen LogP contribution in [0.2, 0.25) is 0 Å². The number of likely N-dealkylation sites (tertiary alicyclic amines) is 1. The molecule has 1 aromatic heterocycles. The minimum Gasteiger partial charge on any atom is -0.377 e. The first kappa shape index (κ1) is 15.6. The third-order valence-corrected chi connectivity index (χ3v) is 5.97. The van der Waals surface area contributed by atoms with E-state index < -0.39 is 0 Å². The van der Waals surface area contributed by atoms with Crippen molar-refractivity contribution in [2.45, 2.75) is 57.3 Å². The van der Waals surface area contributed by atoms with Crippen molar-refractivity contribution in [2.24, 2.45) is 5.41 Å². The zero-order valence-corrected chi connectivity index (χ0v) is 14.0. The molecule has 4 nitrogen and oxygen atoms in total. The lowest BCUT2D eigenvalue weighted by Crippen LogP contribution is -2.59. The highest BCUT2D eigenvalue weighted by molar-refractivity contribution is 5.03. The molecule has 4 rings (SSSR count). The maximum absolute atomic E-state index is 6.15. The van der Waals surface area contributed by atoms with Crippen LogP contribution in [0.15, 0.2) is 24.4 Å². The molecule has 126 valence electrons. The molecule has 2 aliphatic heterocycles. The number of fused-ring (bicyclic) bond motifs is 1. The van der Waals surface area contributed by atoms with E-state index in [4.69, 9.17) is 9.47 Å². The lowest BCUT2D eigenvalue weighted by atomic mass is 9.72. The summed E-state index contributed by atoms with van der Waals surface area (Å²) >= 11 is 0. The van der Waals surface area contributed by atoms with Crippen molar-refractivity contribution < 1.29 is 9.47 Å². The van der Waals surface area contributed by atoms with Crippen molar-refractivity contribution in [3.05, 3.63) is 30.1 Å². The molecule has 0 unspecified atom stereocenters. The predicted molar refractivity (Wildman–Crippen MR) is 89.1 cm³/mol. The summed E-state index contributed by atoms with van der Waals surface area (Å²) in [4.78, 5) is 7.08. The number of ether oxygens (including phenoxy) is 2. The molecule has 1 saturated carbocycles. The summed E-state index contributed by atoms with van der Waals surface area (Å²) in [5, 5.41) is 0. The topological polar surface area (TPSA) is 34.6 Å². The highest BCUT2D eigenvalue weighted by atomic mass is 16.5. The molecule has 0 amide bonds. The fourth-order valence-corrected chi connectivity index (χ4v) is 4.44. The van der Waals surface area contributed by atoms with Gasteiger partial charge in [-0.2, -0.15) is 0 Å². The first-order valence-electron chi connectivity index (χ1n) is 9.19. The fourth-order valence-electron chi connectivity index (χ4n) is 4.44. The normalized spacial score (nSPS) is 32.3. The molecule has 23 heavy (non-hydrogen) atoms. The third-order valence-electron chi connectivity index (χ3n) is 5.97. The van der Waals surface area contributed by atoms with Gasteiger partial charge >= 0.3 is 0 Å². The van der Waals surface area contributed by atoms with Crippen LogP contribution in [0.25, 0.3) is 0 Å². The number of rotatable bonds is 5. The van der Waals surface area contributed by atoms with Crippen LogP contribution in [0.4, 0.5) is 0 Å². The van der Waals surface area contributed by atoms with Crippen molar-refractivity contribution in [2.75, 3.05) is 26.3 Å². The van der Waals surface area contributed by atoms with E-state index in [0.717, 1.165) is 31.5 Å². The van der Waals surface area contributed by atoms with E-state index in [-0.39, 0.29) is 5.41 Å². The van der Waals surface area contributed by atoms with Crippen LogP contribution in [0.3, 0.4) is 0 Å². The van der Waals surface area contributed by atoms with E-state index in [0.29, 0.717) is 12.7 Å². The first-order valence-corrected chi connectivity index (χ1v) is 9.19. The average molecular weight is 316 g/mol. The maximum Gasteiger partial charge on any atom is 0.0888 e. The molecule has 0 bridgehead atoms. The van der Waals surface area contributed by atoms with Crippen molar-refractivity contribution in [3.63, 3.8) is 0 Å². The van der Waals surface area contributed by atoms with Crippen molar-refractivity contribution in [3.8, 4) is 0 Å². The van der Waals surface area contributed by atoms with Crippen LogP contribution in [0, 0.1) is 5.41 Å². The van der Waals surface area contributed by atoms with Crippen LogP contribution >= 0.6 is 0 Å². The van der Waals surface area contributed by atoms with Crippen LogP contribution in [0.1, 0.15) is 44.2 Å². The quantitative estimate of drug-likeness (QED) is 0.836. The van der Waals surface area contributed by atoms with Crippen molar-refractivity contribution >= 4 is 0 Å². The lowest BCUT2D eigenvalue weighted by Gasteiger charge is -2.53. The fraction of sp³-hybridized carbons (Fsp3) is 0.737. The van der Waals surface area contributed by atoms with Crippen molar-refractivity contribution in [1.29, 1.82) is 0 Å². The Morgan fingerprint density at radius 1 is 1.26 bits per heavy atom. The van der Waals surface area contributed by atoms with E-state index >= 15 is 0 Å². The summed E-state index contributed by atoms with van der Waals surface area (Å²) in [5.74, 6) is 0. The van der Waals surface area contributed by atoms with Gasteiger partial charge < -0.3 is 9.47 Å². The third kappa shape index (κ3) is 3.30. The second-order valence-electron chi connectivity index (χ2n) is 7.48. The standard InChI is InChI=1S/C19H28N2O2/c1-2-10-20-16(5-1)13-22-15-19-9-4-12-23-18(19)8-11-21(14-19)17-6-3-7-17/h1-2,5,10,17-18H,3-4,6-9,11-15H2/t18-,19+/m0/s1. The molecule has 0 spiro atoms. The monoisotopic (exact) mass is 316 g/mol. The van der Waals surface area contributed by atoms with Crippen molar-refractivity contribution in [1.82, 2.24) is 9.88 Å². The molecule has 3 aliphatic rings. The Labute approximate surface area is 139 Å². The summed E-state index contributed by atoms with van der Waals surface area (Å²) in [7, 11) is 0. The minimum absolute atomic E-state index is 0.195. The SMILES string of the molecule is c1ccc(COC[C@]23CCCO[C@H]2CCN(C2CCC2)C3)nc1. The van der Waals surface area contributed by atoms with E-state index in [1.807, 2.05) is 24.4 Å². The molecule has 0 radical (unpaired) electrons. The van der Waals surface area contributed by atoms with Gasteiger partial charge in [-0.25, -0.2) is 0 Å². The predicted octanol–water partition coefficient (Wildman–Crippen LogP) is 3.02. The van der Waals surface area contributed by atoms with Gasteiger partial charge in [0.15, 0.2) is 0 Å². The molecule has 3 heterocycles. The maximum atomic E-state index is 6.15. The summed E-state index contributed by atoms with van der Waals surface area (Å²) < 4.78 is 12.3. The van der Waals surface area contributed by atoms with Gasteiger partial charge in [0, 0.05) is 37.4 Å². The van der Waals surface area contributed by atoms with Gasteiger partial charge in [-0.3, -0.25) is 9.88 Å². The van der Waals surface area contributed by atoms with E-state index in [9.17, 15) is 0 Å². The summed E-state index contributed by atoms with van der Waals surface area (Å²) in [6.45, 7) is 4.70. The largest absolute Gasteiger partial charge is 0.377 e. The van der Waals surface area contributed by atoms with Gasteiger partial charge in [0.2, 0.25) is 0 Å². The molecule has 4 heteroatoms. The van der Waals surface area contributed by atoms with Gasteiger partial charge in [-0.15, -0.1) is 0 Å². The Morgan fingerprint density at radius 3 is 3.00 bits per heavy atom. The molecular weight excluding hydrogens is 288 g/mol. The molecule has 0 N–H and O–H groups in total. The lowest BCUT2D eigenvalue weighted by molar-refractivity contribution is -0.163. The number of aromatic nitrogens is 1. The second kappa shape index (κ2) is 6.88. The summed E-state index contributed by atoms with van der Waals surface area (Å²) in [5.41, 5.74) is 1.21. The summed E-state index contributed by atoms with van der Waals surface area (Å²) in [6, 6.07) is 6.83. The van der Waals surface area contributed by atoms with Crippen LogP contribution in [-0.4, -0.2) is 48.3 Å². The highest BCUT2D eigenvalue weighted by Gasteiger charge is 2.47. The number of hydrogen-bond acceptors (Lipinski definition) is 4. The Morgan fingerprint density at radius 2 is 2.22 bits per heavy atom. The van der Waals surface area contributed by atoms with E-state index in [2.05, 4.69) is 9.88 Å². The van der Waals surface area contributed by atoms with Gasteiger partial charge in [-0.1, -0.05) is 12.5 Å². The van der Waals surface area contributed by atoms with E-state index in [1.165, 1.54) is 45.1 Å².